The number of rotatable bonds is 2. The predicted octanol–water partition coefficient (Wildman–Crippen LogP) is -0.688. The normalized spacial score (nSPS) is 9.30. The Balaban J connectivity index is 4.43. The summed E-state index contributed by atoms with van der Waals surface area (Å²) in [6.07, 6.45) is 15.6. The van der Waals surface area contributed by atoms with E-state index in [0.29, 0.717) is 10.5 Å². The van der Waals surface area contributed by atoms with Crippen molar-refractivity contribution in [3.63, 3.8) is 0 Å². The summed E-state index contributed by atoms with van der Waals surface area (Å²) in [6.45, 7) is 0. The molecule has 0 heterocycles. The van der Waals surface area contributed by atoms with Crippen LogP contribution in [0.1, 0.15) is 6.42 Å². The molecule has 0 aliphatic heterocycles. The van der Waals surface area contributed by atoms with Gasteiger partial charge in [-0.2, -0.15) is 0 Å². The Labute approximate surface area is 64.7 Å². The Morgan fingerprint density at radius 1 is 1.30 bits per heavy atom. The highest BCUT2D eigenvalue weighted by Crippen LogP contribution is 2.10. The van der Waals surface area contributed by atoms with Gasteiger partial charge in [-0.15, -0.1) is 25.2 Å². The molecule has 0 aromatic carbocycles. The molecule has 2 heteroatoms. The minimum atomic E-state index is -0.943. The van der Waals surface area contributed by atoms with E-state index in [1.165, 1.54) is 0 Å². The van der Waals surface area contributed by atoms with Crippen LogP contribution in [0.15, 0.2) is 0 Å². The van der Waals surface area contributed by atoms with E-state index >= 15 is 0 Å². The molecular weight excluding hydrogens is 140 g/mol. The highest BCUT2D eigenvalue weighted by atomic mass is 28.2. The fourth-order valence-corrected chi connectivity index (χ4v) is 0.858. The van der Waals surface area contributed by atoms with Gasteiger partial charge < -0.3 is 4.43 Å². The van der Waals surface area contributed by atoms with Crippen molar-refractivity contribution in [2.75, 3.05) is 0 Å². The van der Waals surface area contributed by atoms with Gasteiger partial charge in [0.25, 0.3) is 0 Å². The maximum absolute atomic E-state index is 5.12. The standard InChI is InChI=1S/C8H8OSi/c1-4-7-8(5-2,6-3)9-10/h1-3H,7H2,10H3. The highest BCUT2D eigenvalue weighted by molar-refractivity contribution is 5.98. The third-order valence-electron chi connectivity index (χ3n) is 1.17. The molecule has 0 spiro atoms. The van der Waals surface area contributed by atoms with Crippen molar-refractivity contribution in [3.8, 4) is 37.0 Å². The summed E-state index contributed by atoms with van der Waals surface area (Å²) in [4.78, 5) is 0. The molecule has 0 bridgehead atoms. The van der Waals surface area contributed by atoms with E-state index < -0.39 is 5.60 Å². The smallest absolute Gasteiger partial charge is 0.190 e. The Bertz CT molecular complexity index is 209. The molecule has 1 nitrogen and oxygen atoms in total. The van der Waals surface area contributed by atoms with Crippen LogP contribution >= 0.6 is 0 Å². The molecule has 0 aliphatic carbocycles. The van der Waals surface area contributed by atoms with Crippen molar-refractivity contribution < 1.29 is 4.43 Å². The van der Waals surface area contributed by atoms with E-state index in [1.807, 2.05) is 0 Å². The quantitative estimate of drug-likeness (QED) is 0.372. The van der Waals surface area contributed by atoms with Gasteiger partial charge in [0, 0.05) is 0 Å². The molecule has 0 amide bonds. The number of hydrogen-bond acceptors (Lipinski definition) is 1. The number of hydrogen-bond donors (Lipinski definition) is 0. The van der Waals surface area contributed by atoms with Crippen LogP contribution in [0, 0.1) is 37.0 Å². The molecule has 0 radical (unpaired) electrons. The van der Waals surface area contributed by atoms with Crippen molar-refractivity contribution in [2.45, 2.75) is 12.0 Å². The zero-order valence-electron chi connectivity index (χ0n) is 5.85. The van der Waals surface area contributed by atoms with Gasteiger partial charge in [-0.3, -0.25) is 0 Å². The minimum absolute atomic E-state index is 0.281. The molecule has 0 fully saturated rings. The largest absolute Gasteiger partial charge is 0.402 e. The van der Waals surface area contributed by atoms with Gasteiger partial charge in [0.1, 0.15) is 10.5 Å². The first-order valence-electron chi connectivity index (χ1n) is 2.69. The molecule has 0 aromatic heterocycles. The molecule has 50 valence electrons. The second kappa shape index (κ2) is 3.80. The average molecular weight is 148 g/mol. The molecule has 0 rings (SSSR count). The first kappa shape index (κ1) is 8.86. The second-order valence-electron chi connectivity index (χ2n) is 1.70. The molecule has 0 aliphatic rings. The summed E-state index contributed by atoms with van der Waals surface area (Å²) in [5.41, 5.74) is -0.943. The van der Waals surface area contributed by atoms with E-state index in [9.17, 15) is 0 Å². The van der Waals surface area contributed by atoms with Crippen LogP contribution < -0.4 is 0 Å². The topological polar surface area (TPSA) is 9.23 Å². The van der Waals surface area contributed by atoms with Crippen molar-refractivity contribution in [1.82, 2.24) is 0 Å². The lowest BCUT2D eigenvalue weighted by atomic mass is 10.0. The maximum atomic E-state index is 5.12. The molecular formula is C8H8OSi. The van der Waals surface area contributed by atoms with Gasteiger partial charge in [0.15, 0.2) is 5.60 Å². The van der Waals surface area contributed by atoms with Gasteiger partial charge in [-0.1, -0.05) is 11.8 Å². The molecule has 0 aromatic rings. The Morgan fingerprint density at radius 2 is 1.80 bits per heavy atom. The molecule has 10 heavy (non-hydrogen) atoms. The molecule has 0 N–H and O–H groups in total. The van der Waals surface area contributed by atoms with E-state index in [4.69, 9.17) is 23.7 Å². The van der Waals surface area contributed by atoms with Crippen LogP contribution in [0.5, 0.6) is 0 Å². The van der Waals surface area contributed by atoms with Gasteiger partial charge in [0.2, 0.25) is 0 Å². The zero-order chi connectivity index (χ0) is 8.04. The van der Waals surface area contributed by atoms with Gasteiger partial charge in [-0.05, 0) is 0 Å². The van der Waals surface area contributed by atoms with Gasteiger partial charge in [0.05, 0.1) is 6.42 Å². The summed E-state index contributed by atoms with van der Waals surface area (Å²) < 4.78 is 5.00. The lowest BCUT2D eigenvalue weighted by Gasteiger charge is -2.17. The van der Waals surface area contributed by atoms with E-state index in [-0.39, 0.29) is 6.42 Å². The van der Waals surface area contributed by atoms with Crippen molar-refractivity contribution in [1.29, 1.82) is 0 Å². The summed E-state index contributed by atoms with van der Waals surface area (Å²) in [7, 11) is 0.499. The summed E-state index contributed by atoms with van der Waals surface area (Å²) >= 11 is 0. The molecule has 0 saturated heterocycles. The summed E-state index contributed by atoms with van der Waals surface area (Å²) in [5.74, 6) is 7.07. The fraction of sp³-hybridized carbons (Fsp3) is 0.250. The van der Waals surface area contributed by atoms with Crippen molar-refractivity contribution >= 4 is 10.5 Å². The molecule has 0 unspecified atom stereocenters. The Hall–Kier alpha value is -1.14. The molecule has 0 atom stereocenters. The lowest BCUT2D eigenvalue weighted by Crippen LogP contribution is -2.26. The Morgan fingerprint density at radius 3 is 1.90 bits per heavy atom. The highest BCUT2D eigenvalue weighted by Gasteiger charge is 2.21. The maximum Gasteiger partial charge on any atom is 0.190 e. The minimum Gasteiger partial charge on any atom is -0.402 e. The van der Waals surface area contributed by atoms with Crippen molar-refractivity contribution in [3.05, 3.63) is 0 Å². The molecule has 0 saturated carbocycles. The summed E-state index contributed by atoms with van der Waals surface area (Å²) in [6, 6.07) is 0. The van der Waals surface area contributed by atoms with E-state index in [0.717, 1.165) is 0 Å². The lowest BCUT2D eigenvalue weighted by molar-refractivity contribution is 0.219. The monoisotopic (exact) mass is 148 g/mol. The zero-order valence-corrected chi connectivity index (χ0v) is 7.85. The Kier molecular flexibility index (Phi) is 3.37. The first-order chi connectivity index (χ1) is 4.74. The SMILES string of the molecule is C#CCC(C#C)(C#C)O[SiH3]. The van der Waals surface area contributed by atoms with Crippen LogP contribution in [-0.2, 0) is 4.43 Å². The number of terminal acetylenes is 3. The first-order valence-corrected chi connectivity index (χ1v) is 3.50. The third-order valence-corrected chi connectivity index (χ3v) is 1.86. The van der Waals surface area contributed by atoms with Crippen molar-refractivity contribution in [2.24, 2.45) is 0 Å². The van der Waals surface area contributed by atoms with E-state index in [2.05, 4.69) is 17.8 Å². The van der Waals surface area contributed by atoms with Gasteiger partial charge in [-0.25, -0.2) is 0 Å². The van der Waals surface area contributed by atoms with Crippen LogP contribution in [-0.4, -0.2) is 16.1 Å². The second-order valence-corrected chi connectivity index (χ2v) is 2.11. The van der Waals surface area contributed by atoms with Crippen LogP contribution in [0.25, 0.3) is 0 Å². The van der Waals surface area contributed by atoms with Crippen LogP contribution in [0.4, 0.5) is 0 Å². The third kappa shape index (κ3) is 1.67. The average Bonchev–Trinajstić information content (AvgIpc) is 2.01. The summed E-state index contributed by atoms with van der Waals surface area (Å²) in [5, 5.41) is 0. The van der Waals surface area contributed by atoms with E-state index in [1.54, 1.807) is 0 Å². The van der Waals surface area contributed by atoms with Crippen LogP contribution in [0.2, 0.25) is 0 Å². The predicted molar refractivity (Wildman–Crippen MR) is 44.9 cm³/mol. The van der Waals surface area contributed by atoms with Gasteiger partial charge >= 0.3 is 0 Å². The van der Waals surface area contributed by atoms with Crippen LogP contribution in [0.3, 0.4) is 0 Å². The fourth-order valence-electron chi connectivity index (χ4n) is 0.477.